The molecular weight excluding hydrogens is 233 g/mol. The van der Waals surface area contributed by atoms with E-state index in [0.717, 1.165) is 0 Å². The number of amides is 1. The maximum absolute atomic E-state index is 12.5. The number of likely N-dealkylation sites (tertiary alicyclic amines) is 1. The van der Waals surface area contributed by atoms with Crippen LogP contribution in [0.1, 0.15) is 27.2 Å². The Labute approximate surface area is 96.0 Å². The zero-order valence-corrected chi connectivity index (χ0v) is 10.7. The molecule has 0 N–H and O–H groups in total. The van der Waals surface area contributed by atoms with E-state index in [0.29, 0.717) is 13.1 Å². The Balaban J connectivity index is 2.58. The van der Waals surface area contributed by atoms with Crippen molar-refractivity contribution in [1.29, 1.82) is 0 Å². The summed E-state index contributed by atoms with van der Waals surface area (Å²) < 4.78 is 33.5. The highest BCUT2D eigenvalue weighted by Gasteiger charge is 2.34. The maximum atomic E-state index is 12.5. The Morgan fingerprint density at radius 2 is 2.00 bits per heavy atom. The number of rotatable bonds is 3. The second-order valence-electron chi connectivity index (χ2n) is 5.61. The predicted octanol–water partition coefficient (Wildman–Crippen LogP) is 1.18. The molecule has 1 aliphatic rings. The molecule has 1 heterocycles. The first-order valence-electron chi connectivity index (χ1n) is 5.27. The van der Waals surface area contributed by atoms with Crippen molar-refractivity contribution >= 4 is 16.1 Å². The van der Waals surface area contributed by atoms with Gasteiger partial charge in [-0.1, -0.05) is 20.8 Å². The molecular formula is C10H18FNO3S. The van der Waals surface area contributed by atoms with Crippen molar-refractivity contribution in [2.24, 2.45) is 11.3 Å². The van der Waals surface area contributed by atoms with Crippen LogP contribution >= 0.6 is 0 Å². The molecule has 1 fully saturated rings. The highest BCUT2D eigenvalue weighted by atomic mass is 32.3. The molecule has 0 aromatic heterocycles. The largest absolute Gasteiger partial charge is 0.342 e. The lowest BCUT2D eigenvalue weighted by Gasteiger charge is -2.26. The highest BCUT2D eigenvalue weighted by Crippen LogP contribution is 2.24. The Kier molecular flexibility index (Phi) is 3.62. The standard InChI is InChI=1S/C10H18FNO3S/c1-10(2,3)7-12-5-8(4-9(12)13)6-16(11,14)15/h8H,4-7H2,1-3H3. The summed E-state index contributed by atoms with van der Waals surface area (Å²) in [6, 6.07) is 0. The van der Waals surface area contributed by atoms with Crippen LogP contribution in [0, 0.1) is 11.3 Å². The monoisotopic (exact) mass is 251 g/mol. The molecule has 0 spiro atoms. The second-order valence-corrected chi connectivity index (χ2v) is 7.02. The maximum Gasteiger partial charge on any atom is 0.302 e. The quantitative estimate of drug-likeness (QED) is 0.708. The van der Waals surface area contributed by atoms with Crippen LogP contribution < -0.4 is 0 Å². The zero-order chi connectivity index (χ0) is 12.6. The summed E-state index contributed by atoms with van der Waals surface area (Å²) in [6.45, 7) is 6.92. The van der Waals surface area contributed by atoms with E-state index in [1.165, 1.54) is 0 Å². The molecule has 6 heteroatoms. The third kappa shape index (κ3) is 4.47. The fourth-order valence-corrected chi connectivity index (χ4v) is 2.76. The lowest BCUT2D eigenvalue weighted by atomic mass is 9.96. The van der Waals surface area contributed by atoms with Crippen molar-refractivity contribution in [3.8, 4) is 0 Å². The van der Waals surface area contributed by atoms with E-state index >= 15 is 0 Å². The molecule has 1 amide bonds. The normalized spacial score (nSPS) is 22.9. The van der Waals surface area contributed by atoms with E-state index < -0.39 is 21.9 Å². The van der Waals surface area contributed by atoms with Crippen LogP contribution in [0.15, 0.2) is 0 Å². The first-order valence-corrected chi connectivity index (χ1v) is 6.82. The molecule has 1 rings (SSSR count). The molecule has 0 aromatic rings. The van der Waals surface area contributed by atoms with Crippen molar-refractivity contribution in [3.63, 3.8) is 0 Å². The molecule has 4 nitrogen and oxygen atoms in total. The van der Waals surface area contributed by atoms with Gasteiger partial charge in [0.2, 0.25) is 5.91 Å². The predicted molar refractivity (Wildman–Crippen MR) is 59.0 cm³/mol. The van der Waals surface area contributed by atoms with Crippen LogP contribution in [0.3, 0.4) is 0 Å². The van der Waals surface area contributed by atoms with Crippen LogP contribution in [-0.2, 0) is 15.0 Å². The first kappa shape index (κ1) is 13.4. The minimum absolute atomic E-state index is 0.0286. The van der Waals surface area contributed by atoms with E-state index in [4.69, 9.17) is 0 Å². The molecule has 0 aliphatic carbocycles. The van der Waals surface area contributed by atoms with Gasteiger partial charge in [0.1, 0.15) is 0 Å². The SMILES string of the molecule is CC(C)(C)CN1CC(CS(=O)(=O)F)CC1=O. The van der Waals surface area contributed by atoms with Gasteiger partial charge in [-0.05, 0) is 5.41 Å². The summed E-state index contributed by atoms with van der Waals surface area (Å²) in [7, 11) is -4.48. The fourth-order valence-electron chi connectivity index (χ4n) is 1.97. The summed E-state index contributed by atoms with van der Waals surface area (Å²) in [6.07, 6.45) is 0.138. The molecule has 0 radical (unpaired) electrons. The topological polar surface area (TPSA) is 54.5 Å². The van der Waals surface area contributed by atoms with Crippen LogP contribution in [0.4, 0.5) is 3.89 Å². The number of nitrogens with zero attached hydrogens (tertiary/aromatic N) is 1. The molecule has 0 aromatic carbocycles. The van der Waals surface area contributed by atoms with Gasteiger partial charge >= 0.3 is 10.2 Å². The van der Waals surface area contributed by atoms with Crippen molar-refractivity contribution in [2.45, 2.75) is 27.2 Å². The average molecular weight is 251 g/mol. The molecule has 94 valence electrons. The molecule has 1 saturated heterocycles. The van der Waals surface area contributed by atoms with E-state index in [2.05, 4.69) is 0 Å². The van der Waals surface area contributed by atoms with E-state index in [1.807, 2.05) is 20.8 Å². The summed E-state index contributed by atoms with van der Waals surface area (Å²) in [4.78, 5) is 13.2. The van der Waals surface area contributed by atoms with Crippen LogP contribution in [-0.4, -0.2) is 38.1 Å². The first-order chi connectivity index (χ1) is 7.07. The van der Waals surface area contributed by atoms with Gasteiger partial charge in [-0.3, -0.25) is 4.79 Å². The Morgan fingerprint density at radius 1 is 1.44 bits per heavy atom. The Bertz CT molecular complexity index is 372. The Morgan fingerprint density at radius 3 is 2.44 bits per heavy atom. The summed E-state index contributed by atoms with van der Waals surface area (Å²) in [5, 5.41) is 0. The molecule has 0 bridgehead atoms. The minimum Gasteiger partial charge on any atom is -0.342 e. The number of hydrogen-bond acceptors (Lipinski definition) is 3. The Hall–Kier alpha value is -0.650. The van der Waals surface area contributed by atoms with Gasteiger partial charge in [-0.25, -0.2) is 0 Å². The van der Waals surface area contributed by atoms with Crippen molar-refractivity contribution in [3.05, 3.63) is 0 Å². The lowest BCUT2D eigenvalue weighted by molar-refractivity contribution is -0.128. The third-order valence-electron chi connectivity index (χ3n) is 2.39. The zero-order valence-electron chi connectivity index (χ0n) is 9.86. The van der Waals surface area contributed by atoms with Gasteiger partial charge < -0.3 is 4.90 Å². The van der Waals surface area contributed by atoms with Gasteiger partial charge in [-0.2, -0.15) is 8.42 Å². The second kappa shape index (κ2) is 4.31. The molecule has 1 unspecified atom stereocenters. The van der Waals surface area contributed by atoms with Crippen molar-refractivity contribution < 1.29 is 17.1 Å². The van der Waals surface area contributed by atoms with Crippen molar-refractivity contribution in [2.75, 3.05) is 18.8 Å². The van der Waals surface area contributed by atoms with Crippen LogP contribution in [0.5, 0.6) is 0 Å². The number of carbonyl (C=O) groups is 1. The highest BCUT2D eigenvalue weighted by molar-refractivity contribution is 7.86. The van der Waals surface area contributed by atoms with Crippen LogP contribution in [0.2, 0.25) is 0 Å². The van der Waals surface area contributed by atoms with Gasteiger partial charge in [0.25, 0.3) is 0 Å². The van der Waals surface area contributed by atoms with Crippen LogP contribution in [0.25, 0.3) is 0 Å². The summed E-state index contributed by atoms with van der Waals surface area (Å²) in [5.41, 5.74) is -0.0286. The fraction of sp³-hybridized carbons (Fsp3) is 0.900. The molecule has 16 heavy (non-hydrogen) atoms. The average Bonchev–Trinajstić information content (AvgIpc) is 2.23. The van der Waals surface area contributed by atoms with Gasteiger partial charge in [0, 0.05) is 25.4 Å². The van der Waals surface area contributed by atoms with Crippen molar-refractivity contribution in [1.82, 2.24) is 4.90 Å². The smallest absolute Gasteiger partial charge is 0.302 e. The minimum atomic E-state index is -4.48. The number of carbonyl (C=O) groups excluding carboxylic acids is 1. The van der Waals surface area contributed by atoms with E-state index in [9.17, 15) is 17.1 Å². The van der Waals surface area contributed by atoms with E-state index in [1.54, 1.807) is 4.90 Å². The lowest BCUT2D eigenvalue weighted by Crippen LogP contribution is -2.34. The molecule has 1 aliphatic heterocycles. The third-order valence-corrected chi connectivity index (χ3v) is 3.26. The van der Waals surface area contributed by atoms with Gasteiger partial charge in [0.05, 0.1) is 5.75 Å². The molecule has 0 saturated carbocycles. The number of halogens is 1. The summed E-state index contributed by atoms with van der Waals surface area (Å²) in [5.74, 6) is -1.02. The van der Waals surface area contributed by atoms with Gasteiger partial charge in [0.15, 0.2) is 0 Å². The summed E-state index contributed by atoms with van der Waals surface area (Å²) >= 11 is 0. The van der Waals surface area contributed by atoms with Gasteiger partial charge in [-0.15, -0.1) is 3.89 Å². The number of hydrogen-bond donors (Lipinski definition) is 0. The van der Waals surface area contributed by atoms with E-state index in [-0.39, 0.29) is 17.7 Å². The molecule has 1 atom stereocenters.